The normalized spacial score (nSPS) is 27.8. The number of nitrogens with one attached hydrogen (secondary N) is 2. The number of ether oxygens (including phenoxy) is 1. The van der Waals surface area contributed by atoms with Crippen molar-refractivity contribution < 1.29 is 9.53 Å². The Kier molecular flexibility index (Phi) is 5.48. The molecule has 2 aliphatic heterocycles. The Labute approximate surface area is 132 Å². The van der Waals surface area contributed by atoms with Gasteiger partial charge >= 0.3 is 0 Å². The monoisotopic (exact) mass is 310 g/mol. The molecule has 0 radical (unpaired) electrons. The number of carbonyl (C=O) groups excluding carboxylic acids is 1. The number of amides is 1. The topological polar surface area (TPSA) is 50.4 Å². The van der Waals surface area contributed by atoms with Crippen molar-refractivity contribution in [1.29, 1.82) is 0 Å². The first-order chi connectivity index (χ1) is 9.75. The maximum Gasteiger partial charge on any atom is 0.228 e. The first kappa shape index (κ1) is 16.1. The van der Waals surface area contributed by atoms with Crippen LogP contribution in [0.3, 0.4) is 0 Å². The summed E-state index contributed by atoms with van der Waals surface area (Å²) in [6, 6.07) is 8.17. The van der Waals surface area contributed by atoms with Crippen LogP contribution < -0.4 is 15.4 Å². The van der Waals surface area contributed by atoms with Gasteiger partial charge in [-0.15, -0.1) is 12.4 Å². The molecular formula is C16H23ClN2O2. The molecule has 2 N–H and O–H groups in total. The molecule has 1 aromatic rings. The average molecular weight is 311 g/mol. The van der Waals surface area contributed by atoms with Crippen molar-refractivity contribution in [3.8, 4) is 5.75 Å². The molecule has 2 heterocycles. The summed E-state index contributed by atoms with van der Waals surface area (Å²) in [7, 11) is 0. The summed E-state index contributed by atoms with van der Waals surface area (Å²) in [5, 5.41) is 6.61. The van der Waals surface area contributed by atoms with Crippen molar-refractivity contribution in [2.45, 2.75) is 31.7 Å². The Bertz CT molecular complexity index is 495. The molecule has 1 amide bonds. The lowest BCUT2D eigenvalue weighted by atomic mass is 9.90. The molecule has 0 aliphatic carbocycles. The highest BCUT2D eigenvalue weighted by Crippen LogP contribution is 2.33. The van der Waals surface area contributed by atoms with Crippen LogP contribution in [0, 0.1) is 5.92 Å². The van der Waals surface area contributed by atoms with E-state index in [1.807, 2.05) is 24.3 Å². The van der Waals surface area contributed by atoms with Crippen LogP contribution in [0.25, 0.3) is 0 Å². The van der Waals surface area contributed by atoms with E-state index in [-0.39, 0.29) is 24.2 Å². The van der Waals surface area contributed by atoms with Crippen molar-refractivity contribution in [3.63, 3.8) is 0 Å². The number of fused-ring (bicyclic) bond motifs is 1. The maximum atomic E-state index is 12.6. The zero-order chi connectivity index (χ0) is 13.9. The summed E-state index contributed by atoms with van der Waals surface area (Å²) in [5.41, 5.74) is 1.03. The zero-order valence-corrected chi connectivity index (χ0v) is 13.1. The Morgan fingerprint density at radius 3 is 2.95 bits per heavy atom. The molecule has 0 aromatic heterocycles. The van der Waals surface area contributed by atoms with Crippen molar-refractivity contribution >= 4 is 18.3 Å². The standard InChI is InChI=1S/C16H22N2O2.ClH/c1-11-10-17-8-6-14(11)18-16(19)13-7-9-20-15-5-3-2-4-12(13)15;/h2-5,11,13-14,17H,6-10H2,1H3,(H,18,19);1H. The van der Waals surface area contributed by atoms with Crippen molar-refractivity contribution in [2.75, 3.05) is 19.7 Å². The van der Waals surface area contributed by atoms with Gasteiger partial charge < -0.3 is 15.4 Å². The lowest BCUT2D eigenvalue weighted by Crippen LogP contribution is -2.49. The molecule has 21 heavy (non-hydrogen) atoms. The molecule has 3 atom stereocenters. The Hall–Kier alpha value is -1.26. The van der Waals surface area contributed by atoms with E-state index in [2.05, 4.69) is 17.6 Å². The molecule has 3 unspecified atom stereocenters. The summed E-state index contributed by atoms with van der Waals surface area (Å²) in [6.45, 7) is 4.78. The van der Waals surface area contributed by atoms with Gasteiger partial charge in [0.05, 0.1) is 12.5 Å². The van der Waals surface area contributed by atoms with Crippen LogP contribution in [0.5, 0.6) is 5.75 Å². The summed E-state index contributed by atoms with van der Waals surface area (Å²) in [6.07, 6.45) is 1.78. The molecule has 5 heteroatoms. The van der Waals surface area contributed by atoms with Crippen LogP contribution in [0.4, 0.5) is 0 Å². The van der Waals surface area contributed by atoms with Crippen LogP contribution in [0.15, 0.2) is 24.3 Å². The minimum atomic E-state index is -0.0676. The van der Waals surface area contributed by atoms with E-state index >= 15 is 0 Å². The number of hydrogen-bond donors (Lipinski definition) is 2. The van der Waals surface area contributed by atoms with E-state index in [9.17, 15) is 4.79 Å². The number of hydrogen-bond acceptors (Lipinski definition) is 3. The molecule has 0 bridgehead atoms. The molecule has 4 nitrogen and oxygen atoms in total. The quantitative estimate of drug-likeness (QED) is 0.879. The van der Waals surface area contributed by atoms with Crippen molar-refractivity contribution in [3.05, 3.63) is 29.8 Å². The fourth-order valence-electron chi connectivity index (χ4n) is 3.13. The van der Waals surface area contributed by atoms with E-state index in [0.717, 1.165) is 37.2 Å². The molecule has 1 fully saturated rings. The largest absolute Gasteiger partial charge is 0.493 e. The minimum Gasteiger partial charge on any atom is -0.493 e. The second kappa shape index (κ2) is 7.14. The summed E-state index contributed by atoms with van der Waals surface area (Å²) in [4.78, 5) is 12.6. The van der Waals surface area contributed by atoms with Crippen molar-refractivity contribution in [2.24, 2.45) is 5.92 Å². The maximum absolute atomic E-state index is 12.6. The Morgan fingerprint density at radius 2 is 2.14 bits per heavy atom. The smallest absolute Gasteiger partial charge is 0.228 e. The van der Waals surface area contributed by atoms with Crippen LogP contribution in [-0.4, -0.2) is 31.6 Å². The Morgan fingerprint density at radius 1 is 1.33 bits per heavy atom. The summed E-state index contributed by atoms with van der Waals surface area (Å²) < 4.78 is 5.62. The lowest BCUT2D eigenvalue weighted by molar-refractivity contribution is -0.124. The highest BCUT2D eigenvalue weighted by Gasteiger charge is 2.30. The second-order valence-electron chi connectivity index (χ2n) is 5.81. The van der Waals surface area contributed by atoms with Gasteiger partial charge in [-0.1, -0.05) is 25.1 Å². The number of halogens is 1. The van der Waals surface area contributed by atoms with Gasteiger partial charge in [-0.2, -0.15) is 0 Å². The summed E-state index contributed by atoms with van der Waals surface area (Å²) >= 11 is 0. The highest BCUT2D eigenvalue weighted by molar-refractivity contribution is 5.85. The zero-order valence-electron chi connectivity index (χ0n) is 12.3. The Balaban J connectivity index is 0.00000161. The molecule has 2 aliphatic rings. The highest BCUT2D eigenvalue weighted by atomic mass is 35.5. The first-order valence-electron chi connectivity index (χ1n) is 7.48. The molecular weight excluding hydrogens is 288 g/mol. The fraction of sp³-hybridized carbons (Fsp3) is 0.562. The van der Waals surface area contributed by atoms with E-state index in [4.69, 9.17) is 4.74 Å². The van der Waals surface area contributed by atoms with Gasteiger partial charge in [0.15, 0.2) is 0 Å². The van der Waals surface area contributed by atoms with Gasteiger partial charge in [0.2, 0.25) is 5.91 Å². The lowest BCUT2D eigenvalue weighted by Gasteiger charge is -2.32. The van der Waals surface area contributed by atoms with E-state index in [1.165, 1.54) is 0 Å². The molecule has 1 aromatic carbocycles. The van der Waals surface area contributed by atoms with E-state index in [0.29, 0.717) is 18.6 Å². The molecule has 0 spiro atoms. The molecule has 0 saturated carbocycles. The third-order valence-corrected chi connectivity index (χ3v) is 4.39. The van der Waals surface area contributed by atoms with Crippen LogP contribution >= 0.6 is 12.4 Å². The number of rotatable bonds is 2. The van der Waals surface area contributed by atoms with Gasteiger partial charge in [0.1, 0.15) is 5.75 Å². The number of carbonyl (C=O) groups is 1. The molecule has 116 valence electrons. The predicted octanol–water partition coefficient (Wildman–Crippen LogP) is 2.09. The van der Waals surface area contributed by atoms with Crippen LogP contribution in [-0.2, 0) is 4.79 Å². The molecule has 1 saturated heterocycles. The summed E-state index contributed by atoms with van der Waals surface area (Å²) in [5.74, 6) is 1.43. The molecule has 3 rings (SSSR count). The van der Waals surface area contributed by atoms with E-state index < -0.39 is 0 Å². The third kappa shape index (κ3) is 3.50. The van der Waals surface area contributed by atoms with Gasteiger partial charge in [-0.3, -0.25) is 4.79 Å². The number of benzene rings is 1. The van der Waals surface area contributed by atoms with E-state index in [1.54, 1.807) is 0 Å². The SMILES string of the molecule is CC1CNCCC1NC(=O)C1CCOc2ccccc21.Cl. The predicted molar refractivity (Wildman–Crippen MR) is 85.1 cm³/mol. The van der Waals surface area contributed by atoms with Gasteiger partial charge in [-0.25, -0.2) is 0 Å². The van der Waals surface area contributed by atoms with Gasteiger partial charge in [0, 0.05) is 11.6 Å². The second-order valence-corrected chi connectivity index (χ2v) is 5.81. The number of para-hydroxylation sites is 1. The minimum absolute atomic E-state index is 0. The van der Waals surface area contributed by atoms with Crippen LogP contribution in [0.2, 0.25) is 0 Å². The fourth-order valence-corrected chi connectivity index (χ4v) is 3.13. The third-order valence-electron chi connectivity index (χ3n) is 4.39. The van der Waals surface area contributed by atoms with Gasteiger partial charge in [0.25, 0.3) is 0 Å². The average Bonchev–Trinajstić information content (AvgIpc) is 2.49. The number of piperidine rings is 1. The van der Waals surface area contributed by atoms with Crippen molar-refractivity contribution in [1.82, 2.24) is 10.6 Å². The van der Waals surface area contributed by atoms with Crippen LogP contribution in [0.1, 0.15) is 31.2 Å². The van der Waals surface area contributed by atoms with Gasteiger partial charge in [-0.05, 0) is 37.9 Å². The first-order valence-corrected chi connectivity index (χ1v) is 7.48.